The Morgan fingerprint density at radius 1 is 0.867 bits per heavy atom. The lowest BCUT2D eigenvalue weighted by Gasteiger charge is -2.70. The first kappa shape index (κ1) is 34.6. The number of aliphatic hydroxyl groups is 4. The number of carbonyl (C=O) groups is 2. The van der Waals surface area contributed by atoms with Crippen LogP contribution in [0.25, 0.3) is 0 Å². The van der Waals surface area contributed by atoms with Crippen molar-refractivity contribution in [1.82, 2.24) is 0 Å². The van der Waals surface area contributed by atoms with Gasteiger partial charge in [0, 0.05) is 6.42 Å². The van der Waals surface area contributed by atoms with Crippen molar-refractivity contribution >= 4 is 11.9 Å². The van der Waals surface area contributed by atoms with E-state index in [0.29, 0.717) is 25.2 Å². The van der Waals surface area contributed by atoms with Crippen molar-refractivity contribution in [2.24, 2.45) is 51.2 Å². The first-order valence-electron chi connectivity index (χ1n) is 17.0. The van der Waals surface area contributed by atoms with Crippen LogP contribution in [0.3, 0.4) is 0 Å². The zero-order valence-corrected chi connectivity index (χ0v) is 27.8. The van der Waals surface area contributed by atoms with Gasteiger partial charge in [0.05, 0.1) is 12.0 Å². The number of fused-ring (bicyclic) bond motifs is 5. The van der Waals surface area contributed by atoms with E-state index < -0.39 is 54.7 Å². The van der Waals surface area contributed by atoms with Crippen LogP contribution in [0.2, 0.25) is 0 Å². The Hall–Kier alpha value is -1.78. The van der Waals surface area contributed by atoms with Gasteiger partial charge in [-0.05, 0) is 117 Å². The summed E-state index contributed by atoms with van der Waals surface area (Å²) in [5, 5.41) is 50.6. The molecule has 5 aliphatic rings. The summed E-state index contributed by atoms with van der Waals surface area (Å²) in [4.78, 5) is 26.2. The molecular weight excluding hydrogens is 576 g/mol. The number of carboxylic acid groups (broad SMARTS) is 1. The standard InChI is InChI=1S/C36H56O9/c1-19(2)21-10-15-36(32(43)45-31-30(42)29(41)28(40)24(18-37)44-31)17-16-34(6)23(27(21)36)8-9-25-33(5,13-12-26(38)39)22(20(3)4)11-14-35(25,34)7/h21-25,27-31,37,40-42H,1,3,8-18H2,2,4-7H3,(H,38,39)/t21-,22?,23?,24+,25?,27?,28+,29-,30+,31-,33-,34+,35+,36-/m0/s1. The van der Waals surface area contributed by atoms with E-state index in [9.17, 15) is 35.1 Å². The third-order valence-corrected chi connectivity index (χ3v) is 14.3. The maximum Gasteiger partial charge on any atom is 0.314 e. The SMILES string of the molecule is C=C(C)C1CC[C@]2(C)C(CCC3C4[C@H](C(=C)C)CC[C@]4(C(=O)O[C@@H]4O[C@H](CO)[C@@H](O)[C@H](O)[C@H]4O)CC[C@]32C)[C@@]1(C)CCC(=O)O. The van der Waals surface area contributed by atoms with Gasteiger partial charge in [-0.15, -0.1) is 0 Å². The molecule has 0 radical (unpaired) electrons. The van der Waals surface area contributed by atoms with E-state index in [1.165, 1.54) is 0 Å². The fourth-order valence-corrected chi connectivity index (χ4v) is 11.8. The predicted molar refractivity (Wildman–Crippen MR) is 167 cm³/mol. The van der Waals surface area contributed by atoms with Crippen LogP contribution in [0.4, 0.5) is 0 Å². The van der Waals surface area contributed by atoms with Crippen LogP contribution in [0.1, 0.15) is 98.8 Å². The number of aliphatic carboxylic acids is 1. The van der Waals surface area contributed by atoms with Gasteiger partial charge in [-0.2, -0.15) is 0 Å². The molecular formula is C36H56O9. The van der Waals surface area contributed by atoms with Crippen LogP contribution in [-0.4, -0.2) is 74.8 Å². The summed E-state index contributed by atoms with van der Waals surface area (Å²) in [7, 11) is 0. The fourth-order valence-electron chi connectivity index (χ4n) is 11.8. The smallest absolute Gasteiger partial charge is 0.314 e. The first-order chi connectivity index (χ1) is 21.0. The molecule has 0 aromatic rings. The summed E-state index contributed by atoms with van der Waals surface area (Å²) < 4.78 is 11.5. The van der Waals surface area contributed by atoms with Crippen LogP contribution >= 0.6 is 0 Å². The Kier molecular flexibility index (Phi) is 9.24. The quantitative estimate of drug-likeness (QED) is 0.191. The maximum absolute atomic E-state index is 14.4. The molecule has 14 atom stereocenters. The molecule has 5 rings (SSSR count). The fraction of sp³-hybridized carbons (Fsp3) is 0.833. The Balaban J connectivity index is 1.49. The van der Waals surface area contributed by atoms with E-state index in [1.54, 1.807) is 0 Å². The molecule has 0 amide bonds. The number of carboxylic acids is 1. The summed E-state index contributed by atoms with van der Waals surface area (Å²) in [6, 6.07) is 0. The van der Waals surface area contributed by atoms with Gasteiger partial charge in [0.2, 0.25) is 6.29 Å². The molecule has 45 heavy (non-hydrogen) atoms. The second kappa shape index (κ2) is 12.0. The van der Waals surface area contributed by atoms with E-state index in [-0.39, 0.29) is 46.3 Å². The normalized spacial score (nSPS) is 49.3. The highest BCUT2D eigenvalue weighted by Gasteiger charge is 2.71. The molecule has 0 bridgehead atoms. The molecule has 0 aromatic carbocycles. The van der Waals surface area contributed by atoms with Gasteiger partial charge in [0.25, 0.3) is 0 Å². The van der Waals surface area contributed by atoms with E-state index >= 15 is 0 Å². The number of ether oxygens (including phenoxy) is 2. The van der Waals surface area contributed by atoms with Crippen LogP contribution < -0.4 is 0 Å². The number of esters is 1. The van der Waals surface area contributed by atoms with E-state index in [4.69, 9.17) is 9.47 Å². The van der Waals surface area contributed by atoms with Crippen LogP contribution in [0, 0.1) is 51.2 Å². The zero-order valence-electron chi connectivity index (χ0n) is 27.8. The molecule has 1 saturated heterocycles. The predicted octanol–water partition coefficient (Wildman–Crippen LogP) is 4.61. The second-order valence-electron chi connectivity index (χ2n) is 16.2. The van der Waals surface area contributed by atoms with Gasteiger partial charge in [0.15, 0.2) is 0 Å². The van der Waals surface area contributed by atoms with Gasteiger partial charge in [-0.25, -0.2) is 0 Å². The second-order valence-corrected chi connectivity index (χ2v) is 16.2. The monoisotopic (exact) mass is 632 g/mol. The molecule has 254 valence electrons. The number of allylic oxidation sites excluding steroid dienone is 2. The summed E-state index contributed by atoms with van der Waals surface area (Å²) in [6.07, 6.45) is 0.0544. The van der Waals surface area contributed by atoms with Gasteiger partial charge < -0.3 is 35.0 Å². The number of carbonyl (C=O) groups excluding carboxylic acids is 1. The summed E-state index contributed by atoms with van der Waals surface area (Å²) in [5.41, 5.74) is 1.02. The molecule has 9 heteroatoms. The highest BCUT2D eigenvalue weighted by atomic mass is 16.7. The van der Waals surface area contributed by atoms with Crippen molar-refractivity contribution in [3.05, 3.63) is 24.3 Å². The average Bonchev–Trinajstić information content (AvgIpc) is 3.38. The van der Waals surface area contributed by atoms with Gasteiger partial charge in [0.1, 0.15) is 24.4 Å². The molecule has 0 spiro atoms. The minimum absolute atomic E-state index is 0.0203. The summed E-state index contributed by atoms with van der Waals surface area (Å²) >= 11 is 0. The molecule has 9 nitrogen and oxygen atoms in total. The number of aliphatic hydroxyl groups excluding tert-OH is 4. The lowest BCUT2D eigenvalue weighted by molar-refractivity contribution is -0.298. The third-order valence-electron chi connectivity index (χ3n) is 14.3. The van der Waals surface area contributed by atoms with Gasteiger partial charge in [-0.1, -0.05) is 45.1 Å². The Bertz CT molecular complexity index is 1200. The average molecular weight is 633 g/mol. The Labute approximate surface area is 268 Å². The van der Waals surface area contributed by atoms with Crippen LogP contribution in [-0.2, 0) is 19.1 Å². The first-order valence-corrected chi connectivity index (χ1v) is 17.0. The van der Waals surface area contributed by atoms with Crippen LogP contribution in [0.5, 0.6) is 0 Å². The van der Waals surface area contributed by atoms with E-state index in [1.807, 2.05) is 6.92 Å². The lowest BCUT2D eigenvalue weighted by Crippen LogP contribution is -2.65. The molecule has 1 heterocycles. The number of hydrogen-bond acceptors (Lipinski definition) is 8. The molecule has 1 aliphatic heterocycles. The largest absolute Gasteiger partial charge is 0.481 e. The third kappa shape index (κ3) is 5.14. The Morgan fingerprint density at radius 3 is 2.16 bits per heavy atom. The molecule has 4 unspecified atom stereocenters. The van der Waals surface area contributed by atoms with Crippen molar-refractivity contribution in [3.63, 3.8) is 0 Å². The summed E-state index contributed by atoms with van der Waals surface area (Å²) in [6.45, 7) is 19.4. The topological polar surface area (TPSA) is 154 Å². The number of rotatable bonds is 8. The van der Waals surface area contributed by atoms with Crippen molar-refractivity contribution in [2.45, 2.75) is 130 Å². The van der Waals surface area contributed by atoms with Gasteiger partial charge in [-0.3, -0.25) is 9.59 Å². The van der Waals surface area contributed by atoms with Crippen molar-refractivity contribution in [3.8, 4) is 0 Å². The van der Waals surface area contributed by atoms with E-state index in [2.05, 4.69) is 40.9 Å². The van der Waals surface area contributed by atoms with E-state index in [0.717, 1.165) is 49.7 Å². The maximum atomic E-state index is 14.4. The molecule has 5 N–H and O–H groups in total. The minimum Gasteiger partial charge on any atom is -0.481 e. The minimum atomic E-state index is -1.64. The zero-order chi connectivity index (χ0) is 33.3. The number of hydrogen-bond donors (Lipinski definition) is 5. The highest BCUT2D eigenvalue weighted by molar-refractivity contribution is 5.78. The highest BCUT2D eigenvalue weighted by Crippen LogP contribution is 2.76. The Morgan fingerprint density at radius 2 is 1.56 bits per heavy atom. The van der Waals surface area contributed by atoms with Crippen molar-refractivity contribution < 1.29 is 44.6 Å². The molecule has 4 aliphatic carbocycles. The summed E-state index contributed by atoms with van der Waals surface area (Å²) in [5.74, 6) is -0.314. The molecule has 4 saturated carbocycles. The van der Waals surface area contributed by atoms with Crippen molar-refractivity contribution in [1.29, 1.82) is 0 Å². The van der Waals surface area contributed by atoms with Crippen molar-refractivity contribution in [2.75, 3.05) is 6.61 Å². The lowest BCUT2D eigenvalue weighted by atomic mass is 9.34. The van der Waals surface area contributed by atoms with Gasteiger partial charge >= 0.3 is 11.9 Å². The molecule has 0 aromatic heterocycles. The van der Waals surface area contributed by atoms with Crippen LogP contribution in [0.15, 0.2) is 24.3 Å². The molecule has 5 fully saturated rings.